The van der Waals surface area contributed by atoms with Crippen LogP contribution in [0.3, 0.4) is 0 Å². The highest BCUT2D eigenvalue weighted by Crippen LogP contribution is 2.66. The van der Waals surface area contributed by atoms with Crippen molar-refractivity contribution >= 4 is 11.6 Å². The van der Waals surface area contributed by atoms with Crippen LogP contribution < -0.4 is 0 Å². The number of rotatable bonds is 1. The molecule has 0 radical (unpaired) electrons. The van der Waals surface area contributed by atoms with Crippen LogP contribution in [-0.4, -0.2) is 22.8 Å². The molecule has 134 valence electrons. The van der Waals surface area contributed by atoms with E-state index >= 15 is 0 Å². The smallest absolute Gasteiger partial charge is 0.137 e. The quantitative estimate of drug-likeness (QED) is 0.792. The van der Waals surface area contributed by atoms with E-state index in [9.17, 15) is 14.7 Å². The molecule has 0 saturated heterocycles. The van der Waals surface area contributed by atoms with E-state index in [1.807, 2.05) is 6.92 Å². The number of hydrogen-bond donors (Lipinski definition) is 1. The van der Waals surface area contributed by atoms with E-state index in [0.29, 0.717) is 25.7 Å². The second-order valence-electron chi connectivity index (χ2n) is 8.86. The zero-order chi connectivity index (χ0) is 22.7. The first-order valence-electron chi connectivity index (χ1n) is 12.2. The van der Waals surface area contributed by atoms with Gasteiger partial charge >= 0.3 is 0 Å². The van der Waals surface area contributed by atoms with Crippen molar-refractivity contribution in [2.75, 3.05) is 0 Å². The molecule has 1 N–H and O–H groups in total. The molecule has 0 heterocycles. The van der Waals surface area contributed by atoms with Gasteiger partial charge in [0.2, 0.25) is 0 Å². The number of carbonyl (C=O) groups excluding carboxylic acids is 2. The highest BCUT2D eigenvalue weighted by atomic mass is 16.3. The zero-order valence-electron chi connectivity index (χ0n) is 20.8. The molecule has 4 saturated carbocycles. The maximum Gasteiger partial charge on any atom is 0.137 e. The normalized spacial score (nSPS) is 67.9. The average molecular weight is 339 g/mol. The minimum atomic E-state index is -2.89. The highest BCUT2D eigenvalue weighted by molar-refractivity contribution is 5.87. The molecule has 0 unspecified atom stereocenters. The third-order valence-electron chi connectivity index (χ3n) is 7.71. The van der Waals surface area contributed by atoms with E-state index in [1.54, 1.807) is 6.92 Å². The summed E-state index contributed by atoms with van der Waals surface area (Å²) in [4.78, 5) is 26.0. The van der Waals surface area contributed by atoms with Crippen molar-refractivity contribution in [3.63, 3.8) is 0 Å². The number of carbonyl (C=O) groups is 2. The molecule has 4 aliphatic carbocycles. The average Bonchev–Trinajstić information content (AvgIpc) is 2.85. The van der Waals surface area contributed by atoms with Gasteiger partial charge < -0.3 is 5.11 Å². The van der Waals surface area contributed by atoms with Crippen molar-refractivity contribution < 1.29 is 22.9 Å². The van der Waals surface area contributed by atoms with Crippen LogP contribution in [0.15, 0.2) is 0 Å². The van der Waals surface area contributed by atoms with Crippen LogP contribution in [-0.2, 0) is 9.59 Å². The maximum atomic E-state index is 13.6. The molecule has 0 aromatic carbocycles. The number of ketones is 2. The monoisotopic (exact) mass is 338 g/mol. The lowest BCUT2D eigenvalue weighted by molar-refractivity contribution is -0.162. The Kier molecular flexibility index (Phi) is 2.50. The molecule has 0 spiro atoms. The molecular formula is C21H32O3. The van der Waals surface area contributed by atoms with Gasteiger partial charge in [0.15, 0.2) is 0 Å². The lowest BCUT2D eigenvalue weighted by atomic mass is 9.44. The molecule has 4 aliphatic rings. The topological polar surface area (TPSA) is 54.4 Å². The van der Waals surface area contributed by atoms with E-state index in [1.165, 1.54) is 6.92 Å². The Morgan fingerprint density at radius 2 is 2.00 bits per heavy atom. The fourth-order valence-electron chi connectivity index (χ4n) is 6.66. The van der Waals surface area contributed by atoms with Crippen LogP contribution in [0.5, 0.6) is 0 Å². The number of aliphatic hydroxyl groups is 1. The summed E-state index contributed by atoms with van der Waals surface area (Å²) in [7, 11) is 0. The maximum absolute atomic E-state index is 13.6. The van der Waals surface area contributed by atoms with Crippen molar-refractivity contribution in [1.82, 2.24) is 0 Å². The Balaban J connectivity index is 1.80. The summed E-state index contributed by atoms with van der Waals surface area (Å²) in [6.45, 7) is 5.06. The summed E-state index contributed by atoms with van der Waals surface area (Å²) < 4.78 is 50.7. The van der Waals surface area contributed by atoms with Crippen molar-refractivity contribution in [2.45, 2.75) is 78.1 Å². The number of Topliss-reactive ketones (excluding diaryl/α,β-unsaturated/α-hetero) is 2. The van der Waals surface area contributed by atoms with Gasteiger partial charge in [0, 0.05) is 25.1 Å². The Morgan fingerprint density at radius 3 is 2.71 bits per heavy atom. The fourth-order valence-corrected chi connectivity index (χ4v) is 6.66. The van der Waals surface area contributed by atoms with Gasteiger partial charge in [-0.15, -0.1) is 0 Å². The molecular weight excluding hydrogens is 300 g/mol. The van der Waals surface area contributed by atoms with Gasteiger partial charge in [0.1, 0.15) is 11.6 Å². The molecule has 0 aromatic rings. The van der Waals surface area contributed by atoms with Crippen molar-refractivity contribution in [2.24, 2.45) is 40.4 Å². The molecule has 3 heteroatoms. The standard InChI is InChI=1S/C21H32O3/c1-12(22)16-6-7-17-15-5-4-13-10-14(23)8-9-20(13,2)19(15)18(24)11-21(16,17)3/h13-17,19,23H,4-11H2,1-3H3/t13-,14+,15-,16+,17-,19+,20-,21+/m0/s1/i8D2,10D2,14D,16D. The molecule has 0 amide bonds. The van der Waals surface area contributed by atoms with Crippen LogP contribution in [0.1, 0.15) is 80.3 Å². The summed E-state index contributed by atoms with van der Waals surface area (Å²) in [5.41, 5.74) is -1.78. The predicted octanol–water partition coefficient (Wildman–Crippen LogP) is 3.77. The third-order valence-corrected chi connectivity index (χ3v) is 7.71. The minimum absolute atomic E-state index is 0.0204. The van der Waals surface area contributed by atoms with Gasteiger partial charge in [-0.05, 0) is 80.4 Å². The number of fused-ring (bicyclic) bond motifs is 5. The van der Waals surface area contributed by atoms with Gasteiger partial charge in [-0.2, -0.15) is 0 Å². The van der Waals surface area contributed by atoms with Gasteiger partial charge in [0.05, 0.1) is 7.45 Å². The van der Waals surface area contributed by atoms with Crippen LogP contribution in [0, 0.1) is 40.4 Å². The van der Waals surface area contributed by atoms with Gasteiger partial charge in [-0.1, -0.05) is 13.8 Å². The van der Waals surface area contributed by atoms with Crippen molar-refractivity contribution in [1.29, 1.82) is 0 Å². The third kappa shape index (κ3) is 2.12. The van der Waals surface area contributed by atoms with Crippen LogP contribution >= 0.6 is 0 Å². The van der Waals surface area contributed by atoms with Crippen molar-refractivity contribution in [3.8, 4) is 0 Å². The van der Waals surface area contributed by atoms with Crippen LogP contribution in [0.2, 0.25) is 0 Å². The molecule has 4 fully saturated rings. The van der Waals surface area contributed by atoms with Gasteiger partial charge in [-0.3, -0.25) is 9.59 Å². The first-order chi connectivity index (χ1) is 13.5. The molecule has 0 aliphatic heterocycles. The Labute approximate surface area is 154 Å². The first kappa shape index (κ1) is 11.1. The molecule has 24 heavy (non-hydrogen) atoms. The second-order valence-corrected chi connectivity index (χ2v) is 8.86. The van der Waals surface area contributed by atoms with E-state index < -0.39 is 47.4 Å². The lowest BCUT2D eigenvalue weighted by Crippen LogP contribution is -2.58. The highest BCUT2D eigenvalue weighted by Gasteiger charge is 2.63. The van der Waals surface area contributed by atoms with E-state index in [2.05, 4.69) is 0 Å². The summed E-state index contributed by atoms with van der Waals surface area (Å²) in [5.74, 6) is -3.17. The molecule has 0 bridgehead atoms. The minimum Gasteiger partial charge on any atom is -0.393 e. The summed E-state index contributed by atoms with van der Waals surface area (Å²) in [5, 5.41) is 10.5. The van der Waals surface area contributed by atoms with Crippen LogP contribution in [0.25, 0.3) is 0 Å². The molecule has 0 aromatic heterocycles. The largest absolute Gasteiger partial charge is 0.393 e. The van der Waals surface area contributed by atoms with E-state index in [4.69, 9.17) is 8.22 Å². The summed E-state index contributed by atoms with van der Waals surface area (Å²) >= 11 is 0. The van der Waals surface area contributed by atoms with Gasteiger partial charge in [-0.25, -0.2) is 0 Å². The molecule has 4 rings (SSSR count). The molecule has 3 nitrogen and oxygen atoms in total. The van der Waals surface area contributed by atoms with E-state index in [-0.39, 0.29) is 36.2 Å². The Bertz CT molecular complexity index is 813. The van der Waals surface area contributed by atoms with E-state index in [0.717, 1.165) is 0 Å². The second kappa shape index (κ2) is 5.40. The Morgan fingerprint density at radius 1 is 1.25 bits per heavy atom. The predicted molar refractivity (Wildman–Crippen MR) is 92.3 cm³/mol. The summed E-state index contributed by atoms with van der Waals surface area (Å²) in [6.07, 6.45) is -6.10. The zero-order valence-corrected chi connectivity index (χ0v) is 14.8. The molecule has 8 atom stereocenters. The SMILES string of the molecule is [2H]C1([2H])C[C@]2(C)[C@H]3C(=O)C[C@@]4(C)[C@@H](CC[C@]4([2H])C(C)=O)[C@@H]3CC[C@H]2C([2H])([2H])[C@]1([2H])O. The first-order valence-corrected chi connectivity index (χ1v) is 9.23. The number of hydrogen-bond acceptors (Lipinski definition) is 3. The summed E-state index contributed by atoms with van der Waals surface area (Å²) in [6, 6.07) is 0. The Hall–Kier alpha value is -0.700. The lowest BCUT2D eigenvalue weighted by Gasteiger charge is -2.59. The fraction of sp³-hybridized carbons (Fsp3) is 0.905. The van der Waals surface area contributed by atoms with Gasteiger partial charge in [0.25, 0.3) is 0 Å². The van der Waals surface area contributed by atoms with Crippen LogP contribution in [0.4, 0.5) is 0 Å². The van der Waals surface area contributed by atoms with Crippen molar-refractivity contribution in [3.05, 3.63) is 0 Å².